The summed E-state index contributed by atoms with van der Waals surface area (Å²) in [6.07, 6.45) is 6.88. The van der Waals surface area contributed by atoms with Crippen molar-refractivity contribution in [1.82, 2.24) is 5.32 Å². The molecule has 1 aliphatic carbocycles. The highest BCUT2D eigenvalue weighted by Gasteiger charge is 2.16. The molecular formula is C23H27N3O3. The van der Waals surface area contributed by atoms with Crippen LogP contribution in [0.5, 0.6) is 0 Å². The number of hydrogen-bond acceptors (Lipinski definition) is 3. The molecule has 0 spiro atoms. The molecule has 1 fully saturated rings. The Morgan fingerprint density at radius 2 is 1.17 bits per heavy atom. The number of nitrogens with one attached hydrogen (secondary N) is 3. The number of anilines is 2. The molecule has 3 N–H and O–H groups in total. The number of carbonyl (C=O) groups excluding carboxylic acids is 3. The van der Waals surface area contributed by atoms with E-state index in [9.17, 15) is 14.4 Å². The van der Waals surface area contributed by atoms with Crippen LogP contribution in [0.4, 0.5) is 11.4 Å². The average Bonchev–Trinajstić information content (AvgIpc) is 2.98. The fourth-order valence-corrected chi connectivity index (χ4v) is 3.51. The Labute approximate surface area is 171 Å². The second-order valence-corrected chi connectivity index (χ2v) is 7.45. The summed E-state index contributed by atoms with van der Waals surface area (Å²) in [6, 6.07) is 13.8. The first-order chi connectivity index (χ1) is 14.0. The zero-order valence-corrected chi connectivity index (χ0v) is 16.7. The van der Waals surface area contributed by atoms with Gasteiger partial charge >= 0.3 is 0 Å². The average molecular weight is 393 g/mol. The molecule has 0 unspecified atom stereocenters. The van der Waals surface area contributed by atoms with Crippen LogP contribution in [0.25, 0.3) is 0 Å². The van der Waals surface area contributed by atoms with Gasteiger partial charge in [-0.15, -0.1) is 0 Å². The first-order valence-corrected chi connectivity index (χ1v) is 10.1. The van der Waals surface area contributed by atoms with Gasteiger partial charge in [-0.1, -0.05) is 25.7 Å². The molecule has 0 saturated heterocycles. The highest BCUT2D eigenvalue weighted by molar-refractivity contribution is 6.05. The summed E-state index contributed by atoms with van der Waals surface area (Å²) in [6.45, 7) is 1.44. The Morgan fingerprint density at radius 3 is 1.69 bits per heavy atom. The van der Waals surface area contributed by atoms with Crippen LogP contribution in [0.15, 0.2) is 48.5 Å². The molecule has 1 saturated carbocycles. The molecule has 0 aromatic heterocycles. The van der Waals surface area contributed by atoms with Crippen molar-refractivity contribution in [2.24, 2.45) is 0 Å². The maximum absolute atomic E-state index is 12.5. The standard InChI is InChI=1S/C23H27N3O3/c1-16(27)24-20-12-14-21(15-13-20)26-23(29)18-10-8-17(9-11-18)22(28)25-19-6-4-2-3-5-7-19/h8-15,19H,2-7H2,1H3,(H,24,27)(H,25,28)(H,26,29). The molecule has 2 aromatic carbocycles. The van der Waals surface area contributed by atoms with Crippen LogP contribution in [0.1, 0.15) is 66.2 Å². The summed E-state index contributed by atoms with van der Waals surface area (Å²) >= 11 is 0. The van der Waals surface area contributed by atoms with E-state index in [0.717, 1.165) is 25.7 Å². The topological polar surface area (TPSA) is 87.3 Å². The van der Waals surface area contributed by atoms with E-state index >= 15 is 0 Å². The Bertz CT molecular complexity index is 852. The van der Waals surface area contributed by atoms with Crippen molar-refractivity contribution in [3.8, 4) is 0 Å². The molecule has 1 aliphatic rings. The van der Waals surface area contributed by atoms with Gasteiger partial charge in [-0.2, -0.15) is 0 Å². The minimum Gasteiger partial charge on any atom is -0.349 e. The molecule has 29 heavy (non-hydrogen) atoms. The normalized spacial score (nSPS) is 14.5. The third-order valence-electron chi connectivity index (χ3n) is 5.06. The van der Waals surface area contributed by atoms with E-state index in [1.165, 1.54) is 19.8 Å². The van der Waals surface area contributed by atoms with Crippen molar-refractivity contribution >= 4 is 29.1 Å². The quantitative estimate of drug-likeness (QED) is 0.660. The minimum absolute atomic E-state index is 0.0857. The molecular weight excluding hydrogens is 366 g/mol. The van der Waals surface area contributed by atoms with E-state index in [0.29, 0.717) is 22.5 Å². The summed E-state index contributed by atoms with van der Waals surface area (Å²) in [7, 11) is 0. The lowest BCUT2D eigenvalue weighted by Gasteiger charge is -2.16. The lowest BCUT2D eigenvalue weighted by molar-refractivity contribution is -0.114. The van der Waals surface area contributed by atoms with E-state index in [-0.39, 0.29) is 23.8 Å². The molecule has 2 aromatic rings. The number of carbonyl (C=O) groups is 3. The van der Waals surface area contributed by atoms with Gasteiger partial charge in [0.15, 0.2) is 0 Å². The van der Waals surface area contributed by atoms with E-state index in [1.54, 1.807) is 48.5 Å². The second kappa shape index (κ2) is 9.87. The van der Waals surface area contributed by atoms with Gasteiger partial charge in [0.2, 0.25) is 5.91 Å². The Morgan fingerprint density at radius 1 is 0.690 bits per heavy atom. The third kappa shape index (κ3) is 6.17. The molecule has 0 heterocycles. The van der Waals surface area contributed by atoms with Gasteiger partial charge in [0.25, 0.3) is 11.8 Å². The van der Waals surface area contributed by atoms with E-state index < -0.39 is 0 Å². The third-order valence-corrected chi connectivity index (χ3v) is 5.06. The van der Waals surface area contributed by atoms with Gasteiger partial charge in [0, 0.05) is 35.5 Å². The van der Waals surface area contributed by atoms with Crippen LogP contribution in [-0.2, 0) is 4.79 Å². The summed E-state index contributed by atoms with van der Waals surface area (Å²) in [5.74, 6) is -0.490. The largest absolute Gasteiger partial charge is 0.349 e. The summed E-state index contributed by atoms with van der Waals surface area (Å²) in [4.78, 5) is 35.9. The van der Waals surface area contributed by atoms with Crippen molar-refractivity contribution in [3.05, 3.63) is 59.7 Å². The monoisotopic (exact) mass is 393 g/mol. The van der Waals surface area contributed by atoms with Gasteiger partial charge < -0.3 is 16.0 Å². The van der Waals surface area contributed by atoms with Crippen LogP contribution < -0.4 is 16.0 Å². The van der Waals surface area contributed by atoms with Crippen LogP contribution in [0.2, 0.25) is 0 Å². The molecule has 0 radical (unpaired) electrons. The Balaban J connectivity index is 1.56. The summed E-state index contributed by atoms with van der Waals surface area (Å²) < 4.78 is 0. The first kappa shape index (κ1) is 20.6. The molecule has 152 valence electrons. The van der Waals surface area contributed by atoms with Crippen molar-refractivity contribution in [2.45, 2.75) is 51.5 Å². The van der Waals surface area contributed by atoms with Crippen LogP contribution in [0, 0.1) is 0 Å². The molecule has 3 rings (SSSR count). The fourth-order valence-electron chi connectivity index (χ4n) is 3.51. The predicted octanol–water partition coefficient (Wildman–Crippen LogP) is 4.35. The van der Waals surface area contributed by atoms with Crippen molar-refractivity contribution in [2.75, 3.05) is 10.6 Å². The van der Waals surface area contributed by atoms with Gasteiger partial charge in [-0.05, 0) is 61.4 Å². The maximum atomic E-state index is 12.5. The van der Waals surface area contributed by atoms with Crippen LogP contribution in [-0.4, -0.2) is 23.8 Å². The Kier molecular flexibility index (Phi) is 7.00. The van der Waals surface area contributed by atoms with Crippen molar-refractivity contribution in [1.29, 1.82) is 0 Å². The number of hydrogen-bond donors (Lipinski definition) is 3. The molecule has 0 aliphatic heterocycles. The molecule has 6 heteroatoms. The lowest BCUT2D eigenvalue weighted by Crippen LogP contribution is -2.34. The summed E-state index contributed by atoms with van der Waals surface area (Å²) in [5.41, 5.74) is 2.33. The lowest BCUT2D eigenvalue weighted by atomic mass is 10.1. The Hall–Kier alpha value is -3.15. The van der Waals surface area contributed by atoms with E-state index in [2.05, 4.69) is 16.0 Å². The zero-order chi connectivity index (χ0) is 20.6. The van der Waals surface area contributed by atoms with Crippen LogP contribution >= 0.6 is 0 Å². The van der Waals surface area contributed by atoms with E-state index in [1.807, 2.05) is 0 Å². The minimum atomic E-state index is -0.256. The fraction of sp³-hybridized carbons (Fsp3) is 0.348. The predicted molar refractivity (Wildman–Crippen MR) is 114 cm³/mol. The van der Waals surface area contributed by atoms with E-state index in [4.69, 9.17) is 0 Å². The summed E-state index contributed by atoms with van der Waals surface area (Å²) in [5, 5.41) is 8.60. The second-order valence-electron chi connectivity index (χ2n) is 7.45. The molecule has 3 amide bonds. The molecule has 0 atom stereocenters. The SMILES string of the molecule is CC(=O)Nc1ccc(NC(=O)c2ccc(C(=O)NC3CCCCCC3)cc2)cc1. The van der Waals surface area contributed by atoms with Gasteiger partial charge in [0.1, 0.15) is 0 Å². The molecule has 0 bridgehead atoms. The van der Waals surface area contributed by atoms with Crippen molar-refractivity contribution in [3.63, 3.8) is 0 Å². The van der Waals surface area contributed by atoms with Gasteiger partial charge in [-0.25, -0.2) is 0 Å². The number of benzene rings is 2. The molecule has 6 nitrogen and oxygen atoms in total. The van der Waals surface area contributed by atoms with Crippen LogP contribution in [0.3, 0.4) is 0 Å². The highest BCUT2D eigenvalue weighted by atomic mass is 16.2. The van der Waals surface area contributed by atoms with Crippen molar-refractivity contribution < 1.29 is 14.4 Å². The maximum Gasteiger partial charge on any atom is 0.255 e. The number of amides is 3. The highest BCUT2D eigenvalue weighted by Crippen LogP contribution is 2.18. The smallest absolute Gasteiger partial charge is 0.255 e. The van der Waals surface area contributed by atoms with Gasteiger partial charge in [-0.3, -0.25) is 14.4 Å². The first-order valence-electron chi connectivity index (χ1n) is 10.1. The van der Waals surface area contributed by atoms with Gasteiger partial charge in [0.05, 0.1) is 0 Å². The zero-order valence-electron chi connectivity index (χ0n) is 16.7. The number of rotatable bonds is 5.